The smallest absolute Gasteiger partial charge is 0.274 e. The van der Waals surface area contributed by atoms with Crippen LogP contribution in [-0.2, 0) is 18.3 Å². The molecule has 1 atom stereocenters. The van der Waals surface area contributed by atoms with Crippen molar-refractivity contribution in [1.82, 2.24) is 15.1 Å². The van der Waals surface area contributed by atoms with E-state index in [4.69, 9.17) is 11.6 Å². The first-order valence-corrected chi connectivity index (χ1v) is 8.33. The Morgan fingerprint density at radius 3 is 2.64 bits per heavy atom. The molecule has 6 heteroatoms. The number of nitrogens with zero attached hydrogens (tertiary/aromatic N) is 2. The summed E-state index contributed by atoms with van der Waals surface area (Å²) in [5.74, 6) is -0.163. The Morgan fingerprint density at radius 2 is 1.92 bits per heavy atom. The van der Waals surface area contributed by atoms with Crippen LogP contribution in [0.1, 0.15) is 24.2 Å². The van der Waals surface area contributed by atoms with E-state index in [2.05, 4.69) is 10.4 Å². The lowest BCUT2D eigenvalue weighted by Crippen LogP contribution is -2.30. The number of aryl methyl sites for hydroxylation is 1. The van der Waals surface area contributed by atoms with Gasteiger partial charge in [-0.05, 0) is 30.7 Å². The highest BCUT2D eigenvalue weighted by atomic mass is 35.5. The molecule has 128 valence electrons. The minimum absolute atomic E-state index is 0.0968. The lowest BCUT2D eigenvalue weighted by atomic mass is 10.1. The summed E-state index contributed by atoms with van der Waals surface area (Å²) in [4.78, 5) is 24.6. The number of hydrogen-bond donors (Lipinski definition) is 1. The maximum absolute atomic E-state index is 12.4. The maximum Gasteiger partial charge on any atom is 0.274 e. The Labute approximate surface area is 150 Å². The van der Waals surface area contributed by atoms with Gasteiger partial charge in [0.1, 0.15) is 0 Å². The van der Waals surface area contributed by atoms with Gasteiger partial charge in [0.05, 0.1) is 23.5 Å². The summed E-state index contributed by atoms with van der Waals surface area (Å²) in [6.07, 6.45) is 0.0968. The predicted molar refractivity (Wildman–Crippen MR) is 98.7 cm³/mol. The third kappa shape index (κ3) is 3.72. The fraction of sp³-hybridized carbons (Fsp3) is 0.211. The van der Waals surface area contributed by atoms with E-state index in [1.165, 1.54) is 4.68 Å². The number of halogens is 1. The van der Waals surface area contributed by atoms with Crippen LogP contribution in [-0.4, -0.2) is 15.7 Å². The molecular formula is C19H18ClN3O2. The molecule has 1 aromatic heterocycles. The van der Waals surface area contributed by atoms with E-state index in [1.54, 1.807) is 25.2 Å². The molecule has 0 bridgehead atoms. The third-order valence-corrected chi connectivity index (χ3v) is 4.32. The fourth-order valence-electron chi connectivity index (χ4n) is 2.81. The van der Waals surface area contributed by atoms with E-state index < -0.39 is 0 Å². The number of nitrogens with one attached hydrogen (secondary N) is 1. The summed E-state index contributed by atoms with van der Waals surface area (Å²) in [6.45, 7) is 1.90. The van der Waals surface area contributed by atoms with Gasteiger partial charge in [0, 0.05) is 17.5 Å². The first-order chi connectivity index (χ1) is 12.0. The molecule has 0 spiro atoms. The average molecular weight is 356 g/mol. The molecule has 3 aromatic rings. The van der Waals surface area contributed by atoms with E-state index in [0.29, 0.717) is 21.5 Å². The number of hydrogen-bond acceptors (Lipinski definition) is 3. The zero-order valence-electron chi connectivity index (χ0n) is 14.0. The number of carbonyl (C=O) groups excluding carboxylic acids is 1. The molecule has 1 N–H and O–H groups in total. The van der Waals surface area contributed by atoms with Crippen LogP contribution in [0.3, 0.4) is 0 Å². The van der Waals surface area contributed by atoms with Crippen LogP contribution in [0.5, 0.6) is 0 Å². The van der Waals surface area contributed by atoms with Crippen LogP contribution >= 0.6 is 11.6 Å². The van der Waals surface area contributed by atoms with Gasteiger partial charge >= 0.3 is 0 Å². The van der Waals surface area contributed by atoms with Crippen molar-refractivity contribution >= 4 is 28.3 Å². The number of benzene rings is 2. The molecule has 0 aliphatic carbocycles. The molecule has 1 amide bonds. The standard InChI is InChI=1S/C19H18ClN3O2/c1-12(13-6-5-7-14(20)10-13)21-18(24)11-17-15-8-3-4-9-16(15)19(25)23(2)22-17/h3-10,12H,11H2,1-2H3,(H,21,24)/t12-/m1/s1. The van der Waals surface area contributed by atoms with Gasteiger partial charge in [0.15, 0.2) is 0 Å². The van der Waals surface area contributed by atoms with Crippen molar-refractivity contribution in [3.63, 3.8) is 0 Å². The Hall–Kier alpha value is -2.66. The van der Waals surface area contributed by atoms with Crippen LogP contribution in [0.2, 0.25) is 5.02 Å². The molecule has 0 saturated heterocycles. The molecule has 5 nitrogen and oxygen atoms in total. The molecule has 25 heavy (non-hydrogen) atoms. The summed E-state index contributed by atoms with van der Waals surface area (Å²) < 4.78 is 1.27. The van der Waals surface area contributed by atoms with Crippen molar-refractivity contribution in [3.05, 3.63) is 75.2 Å². The molecule has 0 saturated carbocycles. The second-order valence-corrected chi connectivity index (χ2v) is 6.38. The molecule has 0 unspecified atom stereocenters. The highest BCUT2D eigenvalue weighted by Crippen LogP contribution is 2.18. The summed E-state index contributed by atoms with van der Waals surface area (Å²) in [7, 11) is 1.59. The summed E-state index contributed by atoms with van der Waals surface area (Å²) in [6, 6.07) is 14.4. The van der Waals surface area contributed by atoms with Crippen LogP contribution < -0.4 is 10.9 Å². The second-order valence-electron chi connectivity index (χ2n) is 5.94. The maximum atomic E-state index is 12.4. The van der Waals surface area contributed by atoms with E-state index in [0.717, 1.165) is 5.56 Å². The fourth-order valence-corrected chi connectivity index (χ4v) is 3.01. The Morgan fingerprint density at radius 1 is 1.20 bits per heavy atom. The van der Waals surface area contributed by atoms with Gasteiger partial charge in [-0.2, -0.15) is 5.10 Å². The molecule has 2 aromatic carbocycles. The monoisotopic (exact) mass is 355 g/mol. The number of amides is 1. The first-order valence-electron chi connectivity index (χ1n) is 7.95. The number of fused-ring (bicyclic) bond motifs is 1. The Bertz CT molecular complexity index is 997. The van der Waals surface area contributed by atoms with Gasteiger partial charge < -0.3 is 5.32 Å². The minimum Gasteiger partial charge on any atom is -0.349 e. The molecule has 1 heterocycles. The zero-order chi connectivity index (χ0) is 18.0. The van der Waals surface area contributed by atoms with E-state index in [9.17, 15) is 9.59 Å². The van der Waals surface area contributed by atoms with Crippen molar-refractivity contribution < 1.29 is 4.79 Å². The molecule has 0 radical (unpaired) electrons. The van der Waals surface area contributed by atoms with Crippen molar-refractivity contribution in [2.24, 2.45) is 7.05 Å². The van der Waals surface area contributed by atoms with Crippen LogP contribution in [0.15, 0.2) is 53.3 Å². The Balaban J connectivity index is 1.83. The molecule has 0 aliphatic rings. The quantitative estimate of drug-likeness (QED) is 0.782. The van der Waals surface area contributed by atoms with Crippen molar-refractivity contribution in [2.45, 2.75) is 19.4 Å². The highest BCUT2D eigenvalue weighted by molar-refractivity contribution is 6.30. The average Bonchev–Trinajstić information content (AvgIpc) is 2.59. The van der Waals surface area contributed by atoms with Gasteiger partial charge in [-0.3, -0.25) is 9.59 Å². The van der Waals surface area contributed by atoms with Crippen molar-refractivity contribution in [2.75, 3.05) is 0 Å². The molecular weight excluding hydrogens is 338 g/mol. The molecule has 0 fully saturated rings. The largest absolute Gasteiger partial charge is 0.349 e. The highest BCUT2D eigenvalue weighted by Gasteiger charge is 2.15. The third-order valence-electron chi connectivity index (χ3n) is 4.09. The van der Waals surface area contributed by atoms with Gasteiger partial charge in [-0.1, -0.05) is 41.9 Å². The van der Waals surface area contributed by atoms with Crippen LogP contribution in [0, 0.1) is 0 Å². The SMILES string of the molecule is C[C@@H](NC(=O)Cc1nn(C)c(=O)c2ccccc12)c1cccc(Cl)c1. The summed E-state index contributed by atoms with van der Waals surface area (Å²) >= 11 is 6.00. The van der Waals surface area contributed by atoms with E-state index >= 15 is 0 Å². The van der Waals surface area contributed by atoms with Gasteiger partial charge in [-0.15, -0.1) is 0 Å². The summed E-state index contributed by atoms with van der Waals surface area (Å²) in [5, 5.41) is 9.10. The second kappa shape index (κ2) is 7.07. The molecule has 3 rings (SSSR count). The predicted octanol–water partition coefficient (Wildman–Crippen LogP) is 3.01. The van der Waals surface area contributed by atoms with E-state index in [-0.39, 0.29) is 23.9 Å². The zero-order valence-corrected chi connectivity index (χ0v) is 14.7. The number of aromatic nitrogens is 2. The lowest BCUT2D eigenvalue weighted by Gasteiger charge is -2.15. The van der Waals surface area contributed by atoms with Crippen LogP contribution in [0.25, 0.3) is 10.8 Å². The first kappa shape index (κ1) is 17.2. The van der Waals surface area contributed by atoms with Gasteiger partial charge in [0.2, 0.25) is 5.91 Å². The summed E-state index contributed by atoms with van der Waals surface area (Å²) in [5.41, 5.74) is 1.33. The minimum atomic E-state index is -0.176. The van der Waals surface area contributed by atoms with Crippen LogP contribution in [0.4, 0.5) is 0 Å². The Kier molecular flexibility index (Phi) is 4.86. The lowest BCUT2D eigenvalue weighted by molar-refractivity contribution is -0.121. The van der Waals surface area contributed by atoms with E-state index in [1.807, 2.05) is 37.3 Å². The number of carbonyl (C=O) groups is 1. The van der Waals surface area contributed by atoms with Crippen molar-refractivity contribution in [3.8, 4) is 0 Å². The number of rotatable bonds is 4. The topological polar surface area (TPSA) is 64.0 Å². The van der Waals surface area contributed by atoms with Gasteiger partial charge in [0.25, 0.3) is 5.56 Å². The normalized spacial score (nSPS) is 12.1. The van der Waals surface area contributed by atoms with Crippen molar-refractivity contribution in [1.29, 1.82) is 0 Å². The van der Waals surface area contributed by atoms with Gasteiger partial charge in [-0.25, -0.2) is 4.68 Å². The molecule has 0 aliphatic heterocycles.